The molecule has 1 N–H and O–H groups in total. The molecule has 0 aromatic heterocycles. The van der Waals surface area contributed by atoms with Gasteiger partial charge < -0.3 is 10.2 Å². The first-order chi connectivity index (χ1) is 8.79. The number of fused-ring (bicyclic) bond motifs is 1. The molecule has 0 unspecified atom stereocenters. The smallest absolute Gasteiger partial charge is 0.0104 e. The lowest BCUT2D eigenvalue weighted by atomic mass is 9.90. The quantitative estimate of drug-likeness (QED) is 0.828. The van der Waals surface area contributed by atoms with Crippen LogP contribution in [0.4, 0.5) is 0 Å². The van der Waals surface area contributed by atoms with E-state index >= 15 is 0 Å². The zero-order chi connectivity index (χ0) is 12.8. The van der Waals surface area contributed by atoms with Gasteiger partial charge in [0.1, 0.15) is 0 Å². The van der Waals surface area contributed by atoms with Crippen molar-refractivity contribution in [3.8, 4) is 0 Å². The molecular formula is C16H26N2. The second kappa shape index (κ2) is 6.91. The van der Waals surface area contributed by atoms with Gasteiger partial charge in [-0.2, -0.15) is 0 Å². The van der Waals surface area contributed by atoms with Crippen LogP contribution >= 0.6 is 0 Å². The van der Waals surface area contributed by atoms with Crippen LogP contribution in [0.5, 0.6) is 0 Å². The second-order valence-corrected chi connectivity index (χ2v) is 5.47. The van der Waals surface area contributed by atoms with Crippen molar-refractivity contribution in [3.05, 3.63) is 34.9 Å². The van der Waals surface area contributed by atoms with Crippen molar-refractivity contribution < 1.29 is 0 Å². The maximum absolute atomic E-state index is 3.20. The number of hydrogen-bond acceptors (Lipinski definition) is 2. The summed E-state index contributed by atoms with van der Waals surface area (Å²) < 4.78 is 0. The standard InChI is InChI=1S/C16H26N2/c1-17-10-12-18(2)11-9-14-7-8-15-5-3-4-6-16(15)13-14/h7-8,13,17H,3-6,9-12H2,1-2H3. The lowest BCUT2D eigenvalue weighted by Gasteiger charge is -2.19. The van der Waals surface area contributed by atoms with Crippen LogP contribution in [-0.2, 0) is 19.3 Å². The summed E-state index contributed by atoms with van der Waals surface area (Å²) in [6, 6.07) is 7.13. The molecule has 0 spiro atoms. The Morgan fingerprint density at radius 2 is 1.89 bits per heavy atom. The van der Waals surface area contributed by atoms with Crippen LogP contribution < -0.4 is 5.32 Å². The highest BCUT2D eigenvalue weighted by Gasteiger charge is 2.09. The lowest BCUT2D eigenvalue weighted by Crippen LogP contribution is -2.29. The van der Waals surface area contributed by atoms with Crippen molar-refractivity contribution in [1.82, 2.24) is 10.2 Å². The fraction of sp³-hybridized carbons (Fsp3) is 0.625. The van der Waals surface area contributed by atoms with Gasteiger partial charge in [0, 0.05) is 19.6 Å². The van der Waals surface area contributed by atoms with Gasteiger partial charge in [-0.3, -0.25) is 0 Å². The normalized spacial score (nSPS) is 14.8. The number of hydrogen-bond donors (Lipinski definition) is 1. The molecule has 2 heteroatoms. The second-order valence-electron chi connectivity index (χ2n) is 5.47. The molecule has 2 rings (SSSR count). The Bertz CT molecular complexity index is 373. The third kappa shape index (κ3) is 3.82. The number of rotatable bonds is 6. The van der Waals surface area contributed by atoms with Gasteiger partial charge in [-0.15, -0.1) is 0 Å². The van der Waals surface area contributed by atoms with E-state index in [0.29, 0.717) is 0 Å². The average molecular weight is 246 g/mol. The minimum absolute atomic E-state index is 1.07. The van der Waals surface area contributed by atoms with Gasteiger partial charge in [0.25, 0.3) is 0 Å². The van der Waals surface area contributed by atoms with E-state index in [2.05, 4.69) is 35.5 Å². The highest BCUT2D eigenvalue weighted by Crippen LogP contribution is 2.22. The van der Waals surface area contributed by atoms with Crippen LogP contribution in [0.2, 0.25) is 0 Å². The summed E-state index contributed by atoms with van der Waals surface area (Å²) >= 11 is 0. The van der Waals surface area contributed by atoms with Crippen molar-refractivity contribution in [3.63, 3.8) is 0 Å². The van der Waals surface area contributed by atoms with Gasteiger partial charge in [-0.05, 0) is 62.9 Å². The topological polar surface area (TPSA) is 15.3 Å². The molecule has 0 fully saturated rings. The molecule has 100 valence electrons. The molecule has 0 atom stereocenters. The molecule has 1 aliphatic rings. The van der Waals surface area contributed by atoms with Crippen molar-refractivity contribution in [1.29, 1.82) is 0 Å². The van der Waals surface area contributed by atoms with E-state index in [0.717, 1.165) is 19.6 Å². The Morgan fingerprint density at radius 3 is 2.67 bits per heavy atom. The van der Waals surface area contributed by atoms with Gasteiger partial charge in [0.15, 0.2) is 0 Å². The summed E-state index contributed by atoms with van der Waals surface area (Å²) in [7, 11) is 4.22. The lowest BCUT2D eigenvalue weighted by molar-refractivity contribution is 0.339. The molecule has 0 bridgehead atoms. The summed E-state index contributed by atoms with van der Waals surface area (Å²) in [5, 5.41) is 3.20. The number of nitrogens with one attached hydrogen (secondary N) is 1. The van der Waals surface area contributed by atoms with Crippen LogP contribution in [0.25, 0.3) is 0 Å². The Balaban J connectivity index is 1.86. The highest BCUT2D eigenvalue weighted by atomic mass is 15.1. The van der Waals surface area contributed by atoms with Crippen LogP contribution in [0.3, 0.4) is 0 Å². The predicted octanol–water partition coefficient (Wildman–Crippen LogP) is 2.26. The molecule has 1 aliphatic carbocycles. The molecule has 2 nitrogen and oxygen atoms in total. The summed E-state index contributed by atoms with van der Waals surface area (Å²) in [5.74, 6) is 0. The summed E-state index contributed by atoms with van der Waals surface area (Å²) in [6.07, 6.45) is 6.50. The summed E-state index contributed by atoms with van der Waals surface area (Å²) in [6.45, 7) is 3.35. The third-order valence-electron chi connectivity index (χ3n) is 3.94. The molecular weight excluding hydrogens is 220 g/mol. The Kier molecular flexibility index (Phi) is 5.21. The fourth-order valence-electron chi connectivity index (χ4n) is 2.68. The van der Waals surface area contributed by atoms with Crippen LogP contribution in [0, 0.1) is 0 Å². The third-order valence-corrected chi connectivity index (χ3v) is 3.94. The number of likely N-dealkylation sites (N-methyl/N-ethyl adjacent to an activating group) is 2. The first-order valence-electron chi connectivity index (χ1n) is 7.23. The predicted molar refractivity (Wildman–Crippen MR) is 78.2 cm³/mol. The van der Waals surface area contributed by atoms with E-state index in [1.807, 2.05) is 7.05 Å². The number of nitrogens with zero attached hydrogens (tertiary/aromatic N) is 1. The maximum atomic E-state index is 3.20. The molecule has 0 saturated carbocycles. The van der Waals surface area contributed by atoms with E-state index in [-0.39, 0.29) is 0 Å². The molecule has 0 aliphatic heterocycles. The van der Waals surface area contributed by atoms with E-state index in [4.69, 9.17) is 0 Å². The Morgan fingerprint density at radius 1 is 1.11 bits per heavy atom. The van der Waals surface area contributed by atoms with Crippen molar-refractivity contribution in [2.24, 2.45) is 0 Å². The molecule has 0 heterocycles. The van der Waals surface area contributed by atoms with Gasteiger partial charge in [-0.25, -0.2) is 0 Å². The van der Waals surface area contributed by atoms with Gasteiger partial charge in [0.2, 0.25) is 0 Å². The van der Waals surface area contributed by atoms with E-state index < -0.39 is 0 Å². The molecule has 1 aromatic rings. The minimum Gasteiger partial charge on any atom is -0.318 e. The maximum Gasteiger partial charge on any atom is 0.0104 e. The first kappa shape index (κ1) is 13.6. The van der Waals surface area contributed by atoms with Crippen LogP contribution in [0.15, 0.2) is 18.2 Å². The SMILES string of the molecule is CNCCN(C)CCc1ccc2c(c1)CCCC2. The van der Waals surface area contributed by atoms with Crippen molar-refractivity contribution >= 4 is 0 Å². The monoisotopic (exact) mass is 246 g/mol. The van der Waals surface area contributed by atoms with Crippen molar-refractivity contribution in [2.45, 2.75) is 32.1 Å². The highest BCUT2D eigenvalue weighted by molar-refractivity contribution is 5.33. The van der Waals surface area contributed by atoms with Gasteiger partial charge in [-0.1, -0.05) is 18.2 Å². The summed E-state index contributed by atoms with van der Waals surface area (Å²) in [4.78, 5) is 2.40. The zero-order valence-electron chi connectivity index (χ0n) is 11.8. The molecule has 18 heavy (non-hydrogen) atoms. The van der Waals surface area contributed by atoms with Crippen molar-refractivity contribution in [2.75, 3.05) is 33.7 Å². The fourth-order valence-corrected chi connectivity index (χ4v) is 2.68. The zero-order valence-corrected chi connectivity index (χ0v) is 11.8. The van der Waals surface area contributed by atoms with E-state index in [1.165, 1.54) is 37.7 Å². The molecule has 0 radical (unpaired) electrons. The Hall–Kier alpha value is -0.860. The molecule has 0 saturated heterocycles. The molecule has 0 amide bonds. The van der Waals surface area contributed by atoms with Gasteiger partial charge >= 0.3 is 0 Å². The average Bonchev–Trinajstić information content (AvgIpc) is 2.42. The Labute approximate surface area is 111 Å². The van der Waals surface area contributed by atoms with E-state index in [1.54, 1.807) is 11.1 Å². The van der Waals surface area contributed by atoms with Crippen LogP contribution in [0.1, 0.15) is 29.5 Å². The summed E-state index contributed by atoms with van der Waals surface area (Å²) in [5.41, 5.74) is 4.71. The minimum atomic E-state index is 1.07. The van der Waals surface area contributed by atoms with E-state index in [9.17, 15) is 0 Å². The van der Waals surface area contributed by atoms with Crippen LogP contribution in [-0.4, -0.2) is 38.6 Å². The number of aryl methyl sites for hydroxylation is 2. The first-order valence-corrected chi connectivity index (χ1v) is 7.23. The number of benzene rings is 1. The molecule has 1 aromatic carbocycles. The largest absolute Gasteiger partial charge is 0.318 e. The van der Waals surface area contributed by atoms with Gasteiger partial charge in [0.05, 0.1) is 0 Å².